The minimum Gasteiger partial charge on any atom is -0.488 e. The third kappa shape index (κ3) is 2.97. The molecule has 1 saturated carbocycles. The summed E-state index contributed by atoms with van der Waals surface area (Å²) < 4.78 is 11.2. The number of fused-ring (bicyclic) bond motifs is 3. The van der Waals surface area contributed by atoms with Gasteiger partial charge in [0, 0.05) is 6.04 Å². The van der Waals surface area contributed by atoms with E-state index in [1.54, 1.807) is 0 Å². The monoisotopic (exact) mass is 341 g/mol. The molecule has 6 heteroatoms. The molecule has 4 rings (SSSR count). The lowest BCUT2D eigenvalue weighted by Crippen LogP contribution is -2.45. The third-order valence-corrected chi connectivity index (χ3v) is 5.55. The number of hydrogen-bond donors (Lipinski definition) is 2. The fourth-order valence-electron chi connectivity index (χ4n) is 3.78. The summed E-state index contributed by atoms with van der Waals surface area (Å²) in [5, 5.41) is 9.96. The summed E-state index contributed by atoms with van der Waals surface area (Å²) in [5.74, 6) is 2.96. The first-order valence-electron chi connectivity index (χ1n) is 8.91. The van der Waals surface area contributed by atoms with E-state index >= 15 is 0 Å². The second-order valence-corrected chi connectivity index (χ2v) is 7.10. The molecule has 2 aliphatic rings. The Hall–Kier alpha value is -2.50. The first kappa shape index (κ1) is 16.0. The first-order chi connectivity index (χ1) is 12.1. The van der Waals surface area contributed by atoms with Gasteiger partial charge in [0.25, 0.3) is 0 Å². The lowest BCUT2D eigenvalue weighted by atomic mass is 9.78. The largest absolute Gasteiger partial charge is 0.488 e. The van der Waals surface area contributed by atoms with Gasteiger partial charge < -0.3 is 14.6 Å². The number of urea groups is 1. The minimum atomic E-state index is -0.235. The molecule has 0 saturated heterocycles. The maximum atomic E-state index is 12.4. The zero-order chi connectivity index (χ0) is 17.4. The van der Waals surface area contributed by atoms with Crippen LogP contribution >= 0.6 is 0 Å². The molecule has 1 aromatic carbocycles. The Morgan fingerprint density at radius 1 is 1.24 bits per heavy atom. The van der Waals surface area contributed by atoms with Crippen molar-refractivity contribution in [2.24, 2.45) is 11.8 Å². The van der Waals surface area contributed by atoms with Gasteiger partial charge in [0.05, 0.1) is 11.1 Å². The van der Waals surface area contributed by atoms with E-state index < -0.39 is 0 Å². The molecule has 0 spiro atoms. The van der Waals surface area contributed by atoms with E-state index in [0.717, 1.165) is 29.7 Å². The van der Waals surface area contributed by atoms with Gasteiger partial charge in [0.1, 0.15) is 12.4 Å². The molecule has 132 valence electrons. The molecule has 0 radical (unpaired) electrons. The molecule has 0 bridgehead atoms. The summed E-state index contributed by atoms with van der Waals surface area (Å²) in [6.07, 6.45) is 3.40. The van der Waals surface area contributed by atoms with Crippen molar-refractivity contribution in [2.45, 2.75) is 45.8 Å². The highest BCUT2D eigenvalue weighted by atomic mass is 16.5. The summed E-state index contributed by atoms with van der Waals surface area (Å²) in [6, 6.07) is 7.62. The van der Waals surface area contributed by atoms with Gasteiger partial charge in [-0.25, -0.2) is 4.79 Å². The summed E-state index contributed by atoms with van der Waals surface area (Å²) in [7, 11) is 0. The Bertz CT molecular complexity index is 786. The number of carbonyl (C=O) groups is 1. The van der Waals surface area contributed by atoms with E-state index in [-0.39, 0.29) is 12.1 Å². The smallest absolute Gasteiger partial charge is 0.320 e. The van der Waals surface area contributed by atoms with Crippen molar-refractivity contribution in [1.82, 2.24) is 10.5 Å². The summed E-state index contributed by atoms with van der Waals surface area (Å²) in [6.45, 7) is 4.79. The van der Waals surface area contributed by atoms with E-state index in [1.807, 2.05) is 24.3 Å². The Morgan fingerprint density at radius 3 is 2.96 bits per heavy atom. The van der Waals surface area contributed by atoms with E-state index in [4.69, 9.17) is 9.26 Å². The zero-order valence-corrected chi connectivity index (χ0v) is 14.5. The number of hydrogen-bond acceptors (Lipinski definition) is 4. The number of ether oxygens (including phenoxy) is 1. The molecule has 2 amide bonds. The van der Waals surface area contributed by atoms with E-state index in [9.17, 15) is 4.79 Å². The van der Waals surface area contributed by atoms with Crippen molar-refractivity contribution >= 4 is 11.8 Å². The first-order valence-corrected chi connectivity index (χ1v) is 8.91. The standard InChI is InChI=1S/C19H23N3O3/c1-11-6-5-8-15(12(11)2)20-19(23)21-18-14-10-24-16-9-4-3-7-13(16)17(14)25-22-18/h3-4,7,9,11-12,15H,5-6,8,10H2,1-2H3,(H2,20,21,22,23)/t11-,12-,15-/m1/s1. The molecule has 1 fully saturated rings. The van der Waals surface area contributed by atoms with Crippen molar-refractivity contribution in [3.8, 4) is 17.1 Å². The molecule has 0 unspecified atom stereocenters. The number of benzene rings is 1. The van der Waals surface area contributed by atoms with Crippen LogP contribution in [-0.4, -0.2) is 17.2 Å². The average molecular weight is 341 g/mol. The normalized spacial score (nSPS) is 24.6. The van der Waals surface area contributed by atoms with Gasteiger partial charge in [0.2, 0.25) is 0 Å². The van der Waals surface area contributed by atoms with Crippen LogP contribution in [0, 0.1) is 11.8 Å². The lowest BCUT2D eigenvalue weighted by molar-refractivity contribution is 0.201. The van der Waals surface area contributed by atoms with Crippen molar-refractivity contribution in [3.05, 3.63) is 29.8 Å². The number of rotatable bonds is 2. The molecule has 1 aliphatic carbocycles. The van der Waals surface area contributed by atoms with Crippen LogP contribution in [-0.2, 0) is 6.61 Å². The number of nitrogens with zero attached hydrogens (tertiary/aromatic N) is 1. The maximum Gasteiger partial charge on any atom is 0.320 e. The van der Waals surface area contributed by atoms with Crippen LogP contribution in [0.5, 0.6) is 5.75 Å². The van der Waals surface area contributed by atoms with Crippen LogP contribution in [0.1, 0.15) is 38.7 Å². The predicted octanol–water partition coefficient (Wildman–Crippen LogP) is 4.18. The highest BCUT2D eigenvalue weighted by Gasteiger charge is 2.30. The summed E-state index contributed by atoms with van der Waals surface area (Å²) in [5.41, 5.74) is 1.64. The number of anilines is 1. The molecule has 2 N–H and O–H groups in total. The second kappa shape index (κ2) is 6.43. The highest BCUT2D eigenvalue weighted by molar-refractivity contribution is 5.90. The number of amides is 2. The van der Waals surface area contributed by atoms with Gasteiger partial charge in [0.15, 0.2) is 11.6 Å². The van der Waals surface area contributed by atoms with Gasteiger partial charge in [-0.3, -0.25) is 5.32 Å². The molecule has 6 nitrogen and oxygen atoms in total. The molecular weight excluding hydrogens is 318 g/mol. The zero-order valence-electron chi connectivity index (χ0n) is 14.5. The number of nitrogens with one attached hydrogen (secondary N) is 2. The van der Waals surface area contributed by atoms with Crippen molar-refractivity contribution < 1.29 is 14.1 Å². The quantitative estimate of drug-likeness (QED) is 0.859. The lowest BCUT2D eigenvalue weighted by Gasteiger charge is -2.34. The van der Waals surface area contributed by atoms with Crippen molar-refractivity contribution in [1.29, 1.82) is 0 Å². The van der Waals surface area contributed by atoms with Crippen LogP contribution in [0.2, 0.25) is 0 Å². The maximum absolute atomic E-state index is 12.4. The molecule has 1 aromatic heterocycles. The topological polar surface area (TPSA) is 76.4 Å². The minimum absolute atomic E-state index is 0.198. The third-order valence-electron chi connectivity index (χ3n) is 5.55. The second-order valence-electron chi connectivity index (χ2n) is 7.10. The Morgan fingerprint density at radius 2 is 2.08 bits per heavy atom. The SMILES string of the molecule is C[C@@H]1[C@H](C)CCC[C@H]1NC(=O)Nc1noc2c1COc1ccccc1-2. The molecule has 3 atom stereocenters. The number of aromatic nitrogens is 1. The number of para-hydroxylation sites is 1. The van der Waals surface area contributed by atoms with Crippen LogP contribution in [0.15, 0.2) is 28.8 Å². The summed E-state index contributed by atoms with van der Waals surface area (Å²) in [4.78, 5) is 12.4. The fraction of sp³-hybridized carbons (Fsp3) is 0.474. The number of carbonyl (C=O) groups excluding carboxylic acids is 1. The van der Waals surface area contributed by atoms with Crippen LogP contribution in [0.4, 0.5) is 10.6 Å². The van der Waals surface area contributed by atoms with E-state index in [2.05, 4.69) is 29.6 Å². The van der Waals surface area contributed by atoms with Gasteiger partial charge in [-0.1, -0.05) is 44.0 Å². The van der Waals surface area contributed by atoms with Crippen molar-refractivity contribution in [3.63, 3.8) is 0 Å². The van der Waals surface area contributed by atoms with Crippen molar-refractivity contribution in [2.75, 3.05) is 5.32 Å². The van der Waals surface area contributed by atoms with E-state index in [1.165, 1.54) is 6.42 Å². The van der Waals surface area contributed by atoms with Crippen LogP contribution in [0.3, 0.4) is 0 Å². The average Bonchev–Trinajstić information content (AvgIpc) is 3.02. The highest BCUT2D eigenvalue weighted by Crippen LogP contribution is 2.40. The molecule has 2 heterocycles. The van der Waals surface area contributed by atoms with E-state index in [0.29, 0.717) is 30.0 Å². The van der Waals surface area contributed by atoms with Gasteiger partial charge in [-0.2, -0.15) is 0 Å². The van der Waals surface area contributed by atoms with Gasteiger partial charge >= 0.3 is 6.03 Å². The Labute approximate surface area is 146 Å². The molecule has 2 aromatic rings. The van der Waals surface area contributed by atoms with Gasteiger partial charge in [-0.05, 0) is 30.4 Å². The molecule has 1 aliphatic heterocycles. The van der Waals surface area contributed by atoms with Crippen LogP contribution < -0.4 is 15.4 Å². The Kier molecular flexibility index (Phi) is 4.11. The fourth-order valence-corrected chi connectivity index (χ4v) is 3.78. The molecule has 25 heavy (non-hydrogen) atoms. The van der Waals surface area contributed by atoms with Gasteiger partial charge in [-0.15, -0.1) is 0 Å². The predicted molar refractivity (Wildman–Crippen MR) is 94.4 cm³/mol. The summed E-state index contributed by atoms with van der Waals surface area (Å²) >= 11 is 0. The Balaban J connectivity index is 1.48. The molecular formula is C19H23N3O3. The van der Waals surface area contributed by atoms with Crippen LogP contribution in [0.25, 0.3) is 11.3 Å².